The Balaban J connectivity index is 1.62. The van der Waals surface area contributed by atoms with Gasteiger partial charge in [-0.2, -0.15) is 0 Å². The third-order valence-corrected chi connectivity index (χ3v) is 5.19. The number of urea groups is 1. The molecule has 2 aliphatic heterocycles. The maximum absolute atomic E-state index is 13.2. The number of pyridine rings is 1. The van der Waals surface area contributed by atoms with Crippen molar-refractivity contribution in [3.8, 4) is 0 Å². The SMILES string of the molecule is O=C1C2NCCCC2N(Cc2ccc(F)cc2)C(=O)N1Cc1ccncc1. The molecule has 4 rings (SSSR count). The smallest absolute Gasteiger partial charge is 0.315 e. The van der Waals surface area contributed by atoms with E-state index in [0.29, 0.717) is 6.54 Å². The topological polar surface area (TPSA) is 65.5 Å². The zero-order chi connectivity index (χ0) is 18.8. The normalized spacial score (nSPS) is 22.7. The molecule has 7 heteroatoms. The van der Waals surface area contributed by atoms with Gasteiger partial charge in [0, 0.05) is 18.9 Å². The van der Waals surface area contributed by atoms with Crippen LogP contribution in [0.3, 0.4) is 0 Å². The molecule has 2 unspecified atom stereocenters. The van der Waals surface area contributed by atoms with Crippen LogP contribution in [-0.2, 0) is 17.9 Å². The molecule has 6 nitrogen and oxygen atoms in total. The molecule has 0 radical (unpaired) electrons. The number of hydrogen-bond donors (Lipinski definition) is 1. The summed E-state index contributed by atoms with van der Waals surface area (Å²) in [5, 5.41) is 3.27. The van der Waals surface area contributed by atoms with E-state index in [4.69, 9.17) is 0 Å². The number of halogens is 1. The molecule has 0 aliphatic carbocycles. The number of piperidine rings is 1. The minimum Gasteiger partial charge on any atom is -0.315 e. The number of nitrogens with one attached hydrogen (secondary N) is 1. The van der Waals surface area contributed by atoms with E-state index in [9.17, 15) is 14.0 Å². The molecular formula is C20H21FN4O2. The molecule has 2 aliphatic rings. The minimum absolute atomic E-state index is 0.183. The maximum Gasteiger partial charge on any atom is 0.327 e. The van der Waals surface area contributed by atoms with Crippen molar-refractivity contribution in [3.05, 3.63) is 65.7 Å². The van der Waals surface area contributed by atoms with E-state index in [1.807, 2.05) is 0 Å². The number of carbonyl (C=O) groups excluding carboxylic acids is 2. The van der Waals surface area contributed by atoms with Gasteiger partial charge in [-0.3, -0.25) is 14.7 Å². The van der Waals surface area contributed by atoms with Crippen LogP contribution in [0.25, 0.3) is 0 Å². The first-order chi connectivity index (χ1) is 13.1. The van der Waals surface area contributed by atoms with Gasteiger partial charge in [0.1, 0.15) is 11.9 Å². The summed E-state index contributed by atoms with van der Waals surface area (Å²) in [6.45, 7) is 1.32. The Morgan fingerprint density at radius 1 is 1.04 bits per heavy atom. The number of hydrogen-bond acceptors (Lipinski definition) is 4. The second-order valence-electron chi connectivity index (χ2n) is 6.96. The van der Waals surface area contributed by atoms with Gasteiger partial charge in [0.2, 0.25) is 5.91 Å². The second-order valence-corrected chi connectivity index (χ2v) is 6.96. The number of nitrogens with zero attached hydrogens (tertiary/aromatic N) is 3. The number of carbonyl (C=O) groups is 2. The van der Waals surface area contributed by atoms with Gasteiger partial charge in [0.15, 0.2) is 0 Å². The van der Waals surface area contributed by atoms with Crippen LogP contribution in [0, 0.1) is 5.82 Å². The van der Waals surface area contributed by atoms with E-state index in [1.54, 1.807) is 41.6 Å². The molecular weight excluding hydrogens is 347 g/mol. The number of aromatic nitrogens is 1. The second kappa shape index (κ2) is 7.44. The highest BCUT2D eigenvalue weighted by Gasteiger charge is 2.46. The van der Waals surface area contributed by atoms with E-state index >= 15 is 0 Å². The van der Waals surface area contributed by atoms with Crippen molar-refractivity contribution in [3.63, 3.8) is 0 Å². The quantitative estimate of drug-likeness (QED) is 0.899. The van der Waals surface area contributed by atoms with Gasteiger partial charge in [-0.15, -0.1) is 0 Å². The average Bonchev–Trinajstić information content (AvgIpc) is 2.71. The van der Waals surface area contributed by atoms with Crippen LogP contribution in [0.15, 0.2) is 48.8 Å². The fourth-order valence-electron chi connectivity index (χ4n) is 3.81. The molecule has 1 aromatic carbocycles. The molecule has 3 heterocycles. The van der Waals surface area contributed by atoms with Gasteiger partial charge in [-0.05, 0) is 54.8 Å². The van der Waals surface area contributed by atoms with Crippen LogP contribution >= 0.6 is 0 Å². The zero-order valence-electron chi connectivity index (χ0n) is 14.8. The summed E-state index contributed by atoms with van der Waals surface area (Å²) < 4.78 is 13.2. The van der Waals surface area contributed by atoms with E-state index in [1.165, 1.54) is 17.0 Å². The summed E-state index contributed by atoms with van der Waals surface area (Å²) in [7, 11) is 0. The lowest BCUT2D eigenvalue weighted by Crippen LogP contribution is -2.68. The van der Waals surface area contributed by atoms with Crippen molar-refractivity contribution < 1.29 is 14.0 Å². The number of fused-ring (bicyclic) bond motifs is 1. The minimum atomic E-state index is -0.404. The zero-order valence-corrected chi connectivity index (χ0v) is 14.8. The largest absolute Gasteiger partial charge is 0.327 e. The van der Waals surface area contributed by atoms with Crippen molar-refractivity contribution in [2.75, 3.05) is 6.54 Å². The maximum atomic E-state index is 13.2. The highest BCUT2D eigenvalue weighted by atomic mass is 19.1. The standard InChI is InChI=1S/C20H21FN4O2/c21-16-5-3-14(4-6-16)12-24-17-2-1-9-23-18(17)19(26)25(20(24)27)13-15-7-10-22-11-8-15/h3-8,10-11,17-18,23H,1-2,9,12-13H2. The Hall–Kier alpha value is -2.80. The average molecular weight is 368 g/mol. The molecule has 2 atom stereocenters. The van der Waals surface area contributed by atoms with Gasteiger partial charge in [0.05, 0.1) is 12.6 Å². The highest BCUT2D eigenvalue weighted by Crippen LogP contribution is 2.27. The van der Waals surface area contributed by atoms with Crippen LogP contribution in [0.2, 0.25) is 0 Å². The number of benzene rings is 1. The van der Waals surface area contributed by atoms with Gasteiger partial charge in [-0.1, -0.05) is 12.1 Å². The van der Waals surface area contributed by atoms with Gasteiger partial charge in [-0.25, -0.2) is 9.18 Å². The van der Waals surface area contributed by atoms with E-state index in [0.717, 1.165) is 30.5 Å². The summed E-state index contributed by atoms with van der Waals surface area (Å²) in [6, 6.07) is 8.84. The molecule has 2 fully saturated rings. The van der Waals surface area contributed by atoms with Crippen LogP contribution in [-0.4, -0.2) is 45.4 Å². The summed E-state index contributed by atoms with van der Waals surface area (Å²) in [5.41, 5.74) is 1.69. The number of rotatable bonds is 4. The van der Waals surface area contributed by atoms with Crippen molar-refractivity contribution >= 4 is 11.9 Å². The lowest BCUT2D eigenvalue weighted by atomic mass is 9.93. The third kappa shape index (κ3) is 3.55. The Kier molecular flexibility index (Phi) is 4.85. The summed E-state index contributed by atoms with van der Waals surface area (Å²) in [6.07, 6.45) is 4.98. The van der Waals surface area contributed by atoms with Crippen LogP contribution in [0.5, 0.6) is 0 Å². The molecule has 27 heavy (non-hydrogen) atoms. The van der Waals surface area contributed by atoms with Crippen LogP contribution in [0.1, 0.15) is 24.0 Å². The van der Waals surface area contributed by atoms with Crippen LogP contribution < -0.4 is 5.32 Å². The number of imide groups is 1. The molecule has 0 bridgehead atoms. The third-order valence-electron chi connectivity index (χ3n) is 5.19. The Morgan fingerprint density at radius 2 is 1.74 bits per heavy atom. The monoisotopic (exact) mass is 368 g/mol. The molecule has 1 aromatic heterocycles. The van der Waals surface area contributed by atoms with Gasteiger partial charge < -0.3 is 10.2 Å². The molecule has 2 aromatic rings. The van der Waals surface area contributed by atoms with E-state index in [2.05, 4.69) is 10.3 Å². The highest BCUT2D eigenvalue weighted by molar-refractivity contribution is 6.00. The lowest BCUT2D eigenvalue weighted by Gasteiger charge is -2.47. The van der Waals surface area contributed by atoms with Gasteiger partial charge >= 0.3 is 6.03 Å². The van der Waals surface area contributed by atoms with Crippen LogP contribution in [0.4, 0.5) is 9.18 Å². The fraction of sp³-hybridized carbons (Fsp3) is 0.350. The van der Waals surface area contributed by atoms with Gasteiger partial charge in [0.25, 0.3) is 0 Å². The molecule has 1 N–H and O–H groups in total. The van der Waals surface area contributed by atoms with Crippen molar-refractivity contribution in [2.45, 2.75) is 38.0 Å². The molecule has 3 amide bonds. The first kappa shape index (κ1) is 17.6. The first-order valence-electron chi connectivity index (χ1n) is 9.12. The van der Waals surface area contributed by atoms with Crippen molar-refractivity contribution in [1.29, 1.82) is 0 Å². The van der Waals surface area contributed by atoms with E-state index < -0.39 is 6.04 Å². The van der Waals surface area contributed by atoms with E-state index in [-0.39, 0.29) is 30.3 Å². The molecule has 140 valence electrons. The molecule has 2 saturated heterocycles. The Labute approximate surface area is 157 Å². The number of amides is 3. The molecule has 0 saturated carbocycles. The first-order valence-corrected chi connectivity index (χ1v) is 9.12. The summed E-state index contributed by atoms with van der Waals surface area (Å²) >= 11 is 0. The fourth-order valence-corrected chi connectivity index (χ4v) is 3.81. The predicted octanol–water partition coefficient (Wildman–Crippen LogP) is 2.31. The summed E-state index contributed by atoms with van der Waals surface area (Å²) in [4.78, 5) is 33.2. The molecule has 0 spiro atoms. The summed E-state index contributed by atoms with van der Waals surface area (Å²) in [5.74, 6) is -0.493. The van der Waals surface area contributed by atoms with Crippen molar-refractivity contribution in [1.82, 2.24) is 20.1 Å². The predicted molar refractivity (Wildman–Crippen MR) is 96.9 cm³/mol. The lowest BCUT2D eigenvalue weighted by molar-refractivity contribution is -0.137. The Morgan fingerprint density at radius 3 is 2.48 bits per heavy atom. The van der Waals surface area contributed by atoms with Crippen molar-refractivity contribution in [2.24, 2.45) is 0 Å². The Bertz CT molecular complexity index is 828.